The fourth-order valence-electron chi connectivity index (χ4n) is 10.5. The van der Waals surface area contributed by atoms with Gasteiger partial charge in [-0.2, -0.15) is 0 Å². The molecule has 0 radical (unpaired) electrons. The highest BCUT2D eigenvalue weighted by Gasteiger charge is 2.20. The van der Waals surface area contributed by atoms with Crippen molar-refractivity contribution in [3.05, 3.63) is 271 Å². The number of hydrogen-bond donors (Lipinski definition) is 0. The van der Waals surface area contributed by atoms with Gasteiger partial charge in [0.05, 0.1) is 17.1 Å². The standard InChI is InChI=1S/C73H62FN3/c1-48-40-69(77-47-68(48)55-18-15-19-61(74)44-55)53-32-27-50(28-33-53)63-21-9-12-24-66(63)57-41-56(65-23-11-8-20-62(65)49-16-14-17-52(31-26-49)70-45-59(36-38-75-70)72(2,3)4)42-58(43-57)67-25-13-10-22-64(67)51-29-34-54(35-30-51)71-46-60(37-39-76-71)73(5,6)7/h8-13,15-47H,14H2,1-7H3. The third kappa shape index (κ3) is 10.8. The van der Waals surface area contributed by atoms with E-state index in [4.69, 9.17) is 15.0 Å². The van der Waals surface area contributed by atoms with Gasteiger partial charge in [0.25, 0.3) is 0 Å². The van der Waals surface area contributed by atoms with E-state index in [0.717, 1.165) is 113 Å². The second kappa shape index (κ2) is 21.0. The monoisotopic (exact) mass is 999 g/mol. The van der Waals surface area contributed by atoms with E-state index in [2.05, 4.69) is 243 Å². The van der Waals surface area contributed by atoms with Gasteiger partial charge in [-0.3, -0.25) is 15.0 Å². The largest absolute Gasteiger partial charge is 0.256 e. The van der Waals surface area contributed by atoms with Gasteiger partial charge in [0.2, 0.25) is 0 Å². The summed E-state index contributed by atoms with van der Waals surface area (Å²) in [6.07, 6.45) is 15.6. The topological polar surface area (TPSA) is 38.7 Å². The lowest BCUT2D eigenvalue weighted by molar-refractivity contribution is 0.589. The molecule has 1 aliphatic carbocycles. The van der Waals surface area contributed by atoms with Gasteiger partial charge < -0.3 is 0 Å². The zero-order valence-corrected chi connectivity index (χ0v) is 44.9. The summed E-state index contributed by atoms with van der Waals surface area (Å²) in [6, 6.07) is 68.4. The third-order valence-corrected chi connectivity index (χ3v) is 14.9. The van der Waals surface area contributed by atoms with E-state index < -0.39 is 0 Å². The van der Waals surface area contributed by atoms with Crippen LogP contribution in [-0.2, 0) is 10.8 Å². The average molecular weight is 1000 g/mol. The first-order chi connectivity index (χ1) is 37.2. The Labute approximate surface area is 454 Å². The number of nitrogens with zero attached hydrogens (tertiary/aromatic N) is 3. The third-order valence-electron chi connectivity index (χ3n) is 14.9. The maximum absolute atomic E-state index is 14.2. The van der Waals surface area contributed by atoms with E-state index in [-0.39, 0.29) is 16.6 Å². The van der Waals surface area contributed by atoms with Crippen LogP contribution in [-0.4, -0.2) is 15.0 Å². The minimum atomic E-state index is -0.259. The number of aryl methyl sites for hydroxylation is 1. The van der Waals surface area contributed by atoms with E-state index in [1.165, 1.54) is 28.3 Å². The summed E-state index contributed by atoms with van der Waals surface area (Å²) in [5, 5.41) is 0. The van der Waals surface area contributed by atoms with E-state index in [1.54, 1.807) is 12.1 Å². The number of pyridine rings is 3. The van der Waals surface area contributed by atoms with Crippen molar-refractivity contribution in [2.24, 2.45) is 0 Å². The van der Waals surface area contributed by atoms with Gasteiger partial charge in [0.1, 0.15) is 5.82 Å². The van der Waals surface area contributed by atoms with Crippen LogP contribution in [0.4, 0.5) is 4.39 Å². The lowest BCUT2D eigenvalue weighted by Gasteiger charge is -2.19. The number of allylic oxidation sites excluding steroid dienone is 6. The fraction of sp³-hybridized carbons (Fsp3) is 0.137. The molecule has 0 saturated carbocycles. The van der Waals surface area contributed by atoms with E-state index in [9.17, 15) is 4.39 Å². The molecular formula is C73H62FN3. The second-order valence-electron chi connectivity index (χ2n) is 22.2. The van der Waals surface area contributed by atoms with Crippen molar-refractivity contribution in [1.82, 2.24) is 15.0 Å². The minimum Gasteiger partial charge on any atom is -0.256 e. The van der Waals surface area contributed by atoms with E-state index >= 15 is 0 Å². The first kappa shape index (κ1) is 50.3. The lowest BCUT2D eigenvalue weighted by Crippen LogP contribution is -2.11. The molecule has 10 aromatic rings. The Bertz CT molecular complexity index is 3920. The maximum atomic E-state index is 14.2. The molecule has 0 atom stereocenters. The van der Waals surface area contributed by atoms with Crippen molar-refractivity contribution in [2.45, 2.75) is 65.7 Å². The molecule has 3 heterocycles. The molecule has 1 aliphatic rings. The summed E-state index contributed by atoms with van der Waals surface area (Å²) >= 11 is 0. The Balaban J connectivity index is 1.00. The normalized spacial score (nSPS) is 12.7. The van der Waals surface area contributed by atoms with Crippen molar-refractivity contribution < 1.29 is 4.39 Å². The van der Waals surface area contributed by atoms with Gasteiger partial charge in [-0.05, 0) is 179 Å². The van der Waals surface area contributed by atoms with E-state index in [0.29, 0.717) is 0 Å². The summed E-state index contributed by atoms with van der Waals surface area (Å²) in [5.74, 6) is -0.259. The molecule has 0 aliphatic heterocycles. The van der Waals surface area contributed by atoms with Crippen molar-refractivity contribution in [3.8, 4) is 89.3 Å². The van der Waals surface area contributed by atoms with Crippen LogP contribution in [0.3, 0.4) is 0 Å². The molecule has 376 valence electrons. The molecule has 3 nitrogen and oxygen atoms in total. The molecule has 77 heavy (non-hydrogen) atoms. The molecule has 4 heteroatoms. The molecule has 0 bridgehead atoms. The molecule has 0 N–H and O–H groups in total. The zero-order valence-electron chi connectivity index (χ0n) is 44.9. The molecule has 0 saturated heterocycles. The molecular weight excluding hydrogens is 938 g/mol. The predicted molar refractivity (Wildman–Crippen MR) is 322 cm³/mol. The van der Waals surface area contributed by atoms with Gasteiger partial charge in [-0.25, -0.2) is 4.39 Å². The van der Waals surface area contributed by atoms with Crippen LogP contribution >= 0.6 is 0 Å². The van der Waals surface area contributed by atoms with Crippen LogP contribution < -0.4 is 0 Å². The number of benzene rings is 7. The Morgan fingerprint density at radius 2 is 0.779 bits per heavy atom. The summed E-state index contributed by atoms with van der Waals surface area (Å²) in [6.45, 7) is 15.5. The van der Waals surface area contributed by atoms with Gasteiger partial charge in [0.15, 0.2) is 0 Å². The maximum Gasteiger partial charge on any atom is 0.123 e. The van der Waals surface area contributed by atoms with Crippen molar-refractivity contribution in [3.63, 3.8) is 0 Å². The van der Waals surface area contributed by atoms with Gasteiger partial charge in [0, 0.05) is 35.3 Å². The Hall–Kier alpha value is -8.86. The highest BCUT2D eigenvalue weighted by atomic mass is 19.1. The van der Waals surface area contributed by atoms with Crippen LogP contribution in [0.25, 0.3) is 100 Å². The Kier molecular flexibility index (Phi) is 13.7. The molecule has 0 spiro atoms. The summed E-state index contributed by atoms with van der Waals surface area (Å²) < 4.78 is 14.2. The molecule has 0 amide bonds. The second-order valence-corrected chi connectivity index (χ2v) is 22.2. The van der Waals surface area contributed by atoms with Crippen LogP contribution in [0.5, 0.6) is 0 Å². The first-order valence-corrected chi connectivity index (χ1v) is 26.6. The van der Waals surface area contributed by atoms with Gasteiger partial charge in [-0.1, -0.05) is 199 Å². The number of hydrogen-bond acceptors (Lipinski definition) is 3. The predicted octanol–water partition coefficient (Wildman–Crippen LogP) is 19.7. The van der Waals surface area contributed by atoms with Crippen LogP contribution in [0.1, 0.15) is 75.9 Å². The Morgan fingerprint density at radius 3 is 1.29 bits per heavy atom. The number of aromatic nitrogens is 3. The lowest BCUT2D eigenvalue weighted by atomic mass is 9.85. The minimum absolute atomic E-state index is 0.0221. The SMILES string of the molecule is Cc1cc(-c2ccc(-c3ccccc3-c3cc(-c4ccccc4C4=CCC=C(c5cc(C(C)(C)C)ccn5)C=C4)cc(-c4ccccc4-c4ccc(-c5cc(C(C)(C)C)ccn5)cc4)c3)cc2)ncc1-c1cccc(F)c1. The van der Waals surface area contributed by atoms with Crippen molar-refractivity contribution >= 4 is 11.1 Å². The number of halogens is 1. The quantitative estimate of drug-likeness (QED) is 0.137. The molecule has 0 unspecified atom stereocenters. The fourth-order valence-corrected chi connectivity index (χ4v) is 10.5. The summed E-state index contributed by atoms with van der Waals surface area (Å²) in [7, 11) is 0. The van der Waals surface area contributed by atoms with Crippen LogP contribution in [0.2, 0.25) is 0 Å². The summed E-state index contributed by atoms with van der Waals surface area (Å²) in [5.41, 5.74) is 25.1. The van der Waals surface area contributed by atoms with E-state index in [1.807, 2.05) is 24.7 Å². The molecule has 3 aromatic heterocycles. The number of rotatable bonds is 10. The molecule has 11 rings (SSSR count). The van der Waals surface area contributed by atoms with Crippen molar-refractivity contribution in [2.75, 3.05) is 0 Å². The van der Waals surface area contributed by atoms with Crippen molar-refractivity contribution in [1.29, 1.82) is 0 Å². The highest BCUT2D eigenvalue weighted by molar-refractivity contribution is 5.95. The Morgan fingerprint density at radius 1 is 0.351 bits per heavy atom. The van der Waals surface area contributed by atoms with Crippen LogP contribution in [0.15, 0.2) is 237 Å². The van der Waals surface area contributed by atoms with Gasteiger partial charge in [-0.15, -0.1) is 0 Å². The molecule has 0 fully saturated rings. The van der Waals surface area contributed by atoms with Gasteiger partial charge >= 0.3 is 0 Å². The average Bonchev–Trinajstić information content (AvgIpc) is 3.74. The first-order valence-electron chi connectivity index (χ1n) is 26.6. The highest BCUT2D eigenvalue weighted by Crippen LogP contribution is 2.43. The molecule has 7 aromatic carbocycles. The smallest absolute Gasteiger partial charge is 0.123 e. The zero-order chi connectivity index (χ0) is 53.3. The van der Waals surface area contributed by atoms with Crippen LogP contribution in [0, 0.1) is 12.7 Å². The summed E-state index contributed by atoms with van der Waals surface area (Å²) in [4.78, 5) is 14.5.